The Morgan fingerprint density at radius 2 is 2.04 bits per heavy atom. The number of thioether (sulfide) groups is 1. The maximum absolute atomic E-state index is 12.6. The molecule has 25 heavy (non-hydrogen) atoms. The maximum atomic E-state index is 12.6. The molecule has 0 unspecified atom stereocenters. The van der Waals surface area contributed by atoms with Crippen molar-refractivity contribution < 1.29 is 14.7 Å². The fraction of sp³-hybridized carbons (Fsp3) is 0.389. The summed E-state index contributed by atoms with van der Waals surface area (Å²) in [5.41, 5.74) is 4.84. The molecule has 1 aromatic heterocycles. The first-order chi connectivity index (χ1) is 12.0. The van der Waals surface area contributed by atoms with Crippen LogP contribution in [0.3, 0.4) is 0 Å². The number of aliphatic carboxylic acids is 1. The Morgan fingerprint density at radius 1 is 1.32 bits per heavy atom. The Bertz CT molecular complexity index is 782. The molecule has 1 aromatic carbocycles. The van der Waals surface area contributed by atoms with Crippen molar-refractivity contribution in [3.8, 4) is 0 Å². The van der Waals surface area contributed by atoms with E-state index in [0.717, 1.165) is 11.4 Å². The molecule has 1 atom stereocenters. The Labute approximate surface area is 150 Å². The van der Waals surface area contributed by atoms with Crippen LogP contribution in [0, 0.1) is 13.8 Å². The molecule has 1 amide bonds. The molecule has 0 fully saturated rings. The minimum Gasteiger partial charge on any atom is -0.479 e. The summed E-state index contributed by atoms with van der Waals surface area (Å²) in [5.74, 6) is -0.208. The molecule has 0 saturated carbocycles. The standard InChI is InChI=1S/C18H21N3O3S/c1-11-5-12(2)7-13(6-11)8-25-9-15(22)21-4-3-14-16(20-10-19-14)17(21)18(23)24/h5-7,10,17H,3-4,8-9H2,1-2H3,(H,19,20)(H,23,24)/t17-/m1/s1. The second kappa shape index (κ2) is 7.31. The molecule has 0 spiro atoms. The van der Waals surface area contributed by atoms with Crippen molar-refractivity contribution in [1.82, 2.24) is 14.9 Å². The number of carboxylic acids is 1. The number of aryl methyl sites for hydroxylation is 2. The highest BCUT2D eigenvalue weighted by molar-refractivity contribution is 7.99. The first-order valence-corrected chi connectivity index (χ1v) is 9.30. The average molecular weight is 359 g/mol. The van der Waals surface area contributed by atoms with Crippen molar-refractivity contribution in [2.45, 2.75) is 32.1 Å². The number of amides is 1. The van der Waals surface area contributed by atoms with E-state index in [9.17, 15) is 14.7 Å². The van der Waals surface area contributed by atoms with Gasteiger partial charge in [-0.05, 0) is 19.4 Å². The number of aromatic amines is 1. The average Bonchev–Trinajstić information content (AvgIpc) is 3.01. The van der Waals surface area contributed by atoms with Crippen molar-refractivity contribution in [2.75, 3.05) is 12.3 Å². The van der Waals surface area contributed by atoms with Crippen molar-refractivity contribution in [2.24, 2.45) is 0 Å². The summed E-state index contributed by atoms with van der Waals surface area (Å²) < 4.78 is 0. The van der Waals surface area contributed by atoms with Gasteiger partial charge in [-0.3, -0.25) is 4.79 Å². The summed E-state index contributed by atoms with van der Waals surface area (Å²) >= 11 is 1.51. The number of H-pyrrole nitrogens is 1. The Balaban J connectivity index is 1.63. The summed E-state index contributed by atoms with van der Waals surface area (Å²) in [6.45, 7) is 4.51. The van der Waals surface area contributed by atoms with E-state index >= 15 is 0 Å². The number of carbonyl (C=O) groups excluding carboxylic acids is 1. The molecule has 0 aliphatic carbocycles. The number of carboxylic acid groups (broad SMARTS) is 1. The van der Waals surface area contributed by atoms with Gasteiger partial charge in [-0.25, -0.2) is 9.78 Å². The van der Waals surface area contributed by atoms with E-state index in [1.807, 2.05) is 0 Å². The smallest absolute Gasteiger partial charge is 0.332 e. The van der Waals surface area contributed by atoms with E-state index in [1.165, 1.54) is 39.7 Å². The van der Waals surface area contributed by atoms with Crippen LogP contribution in [0.1, 0.15) is 34.1 Å². The number of nitrogens with one attached hydrogen (secondary N) is 1. The van der Waals surface area contributed by atoms with Gasteiger partial charge in [0.15, 0.2) is 6.04 Å². The number of hydrogen-bond donors (Lipinski definition) is 2. The van der Waals surface area contributed by atoms with E-state index in [-0.39, 0.29) is 11.7 Å². The number of hydrogen-bond acceptors (Lipinski definition) is 4. The van der Waals surface area contributed by atoms with Gasteiger partial charge in [0.1, 0.15) is 0 Å². The lowest BCUT2D eigenvalue weighted by molar-refractivity contribution is -0.150. The molecule has 3 rings (SSSR count). The van der Waals surface area contributed by atoms with Gasteiger partial charge in [0.05, 0.1) is 17.8 Å². The summed E-state index contributed by atoms with van der Waals surface area (Å²) in [6.07, 6.45) is 2.09. The fourth-order valence-corrected chi connectivity index (χ4v) is 4.13. The first-order valence-electron chi connectivity index (χ1n) is 8.15. The molecule has 6 nitrogen and oxygen atoms in total. The van der Waals surface area contributed by atoms with Gasteiger partial charge in [0.2, 0.25) is 5.91 Å². The Hall–Kier alpha value is -2.28. The van der Waals surface area contributed by atoms with Crippen LogP contribution in [0.25, 0.3) is 0 Å². The number of nitrogens with zero attached hydrogens (tertiary/aromatic N) is 2. The normalized spacial score (nSPS) is 16.6. The van der Waals surface area contributed by atoms with E-state index in [0.29, 0.717) is 18.7 Å². The number of aromatic nitrogens is 2. The van der Waals surface area contributed by atoms with Gasteiger partial charge in [-0.15, -0.1) is 11.8 Å². The van der Waals surface area contributed by atoms with E-state index < -0.39 is 12.0 Å². The van der Waals surface area contributed by atoms with Crippen molar-refractivity contribution >= 4 is 23.6 Å². The van der Waals surface area contributed by atoms with Gasteiger partial charge in [0, 0.05) is 24.4 Å². The third-order valence-electron chi connectivity index (χ3n) is 4.25. The van der Waals surface area contributed by atoms with Gasteiger partial charge >= 0.3 is 5.97 Å². The summed E-state index contributed by atoms with van der Waals surface area (Å²) in [7, 11) is 0. The van der Waals surface area contributed by atoms with E-state index in [4.69, 9.17) is 0 Å². The predicted molar refractivity (Wildman–Crippen MR) is 96.5 cm³/mol. The summed E-state index contributed by atoms with van der Waals surface area (Å²) in [5, 5.41) is 9.53. The largest absolute Gasteiger partial charge is 0.479 e. The van der Waals surface area contributed by atoms with Gasteiger partial charge in [-0.1, -0.05) is 29.3 Å². The number of benzene rings is 1. The molecule has 1 aliphatic heterocycles. The molecule has 0 radical (unpaired) electrons. The van der Waals surface area contributed by atoms with Gasteiger partial charge < -0.3 is 15.0 Å². The number of rotatable bonds is 5. The highest BCUT2D eigenvalue weighted by Gasteiger charge is 2.37. The lowest BCUT2D eigenvalue weighted by Crippen LogP contribution is -2.44. The topological polar surface area (TPSA) is 86.3 Å². The minimum atomic E-state index is -1.04. The van der Waals surface area contributed by atoms with Crippen molar-refractivity contribution in [1.29, 1.82) is 0 Å². The predicted octanol–water partition coefficient (Wildman–Crippen LogP) is 2.47. The third-order valence-corrected chi connectivity index (χ3v) is 5.24. The van der Waals surface area contributed by atoms with Crippen LogP contribution in [0.5, 0.6) is 0 Å². The highest BCUT2D eigenvalue weighted by Crippen LogP contribution is 2.28. The quantitative estimate of drug-likeness (QED) is 0.856. The van der Waals surface area contributed by atoms with Crippen LogP contribution < -0.4 is 0 Å². The zero-order valence-electron chi connectivity index (χ0n) is 14.3. The first kappa shape index (κ1) is 17.5. The van der Waals surface area contributed by atoms with Crippen LogP contribution in [-0.2, 0) is 21.8 Å². The van der Waals surface area contributed by atoms with Gasteiger partial charge in [0.25, 0.3) is 0 Å². The van der Waals surface area contributed by atoms with Crippen LogP contribution in [0.15, 0.2) is 24.5 Å². The monoisotopic (exact) mass is 359 g/mol. The summed E-state index contributed by atoms with van der Waals surface area (Å²) in [4.78, 5) is 32.7. The zero-order chi connectivity index (χ0) is 18.0. The van der Waals surface area contributed by atoms with Crippen molar-refractivity contribution in [3.05, 3.63) is 52.6 Å². The molecule has 0 saturated heterocycles. The fourth-order valence-electron chi connectivity index (χ4n) is 3.29. The molecule has 1 aliphatic rings. The molecule has 7 heteroatoms. The third kappa shape index (κ3) is 3.87. The summed E-state index contributed by atoms with van der Waals surface area (Å²) in [6, 6.07) is 5.35. The lowest BCUT2D eigenvalue weighted by atomic mass is 10.0. The van der Waals surface area contributed by atoms with Crippen LogP contribution >= 0.6 is 11.8 Å². The van der Waals surface area contributed by atoms with Crippen LogP contribution in [0.2, 0.25) is 0 Å². The molecular weight excluding hydrogens is 338 g/mol. The SMILES string of the molecule is Cc1cc(C)cc(CSCC(=O)N2CCc3[nH]cnc3[C@@H]2C(=O)O)c1. The second-order valence-electron chi connectivity index (χ2n) is 6.33. The van der Waals surface area contributed by atoms with Crippen LogP contribution in [0.4, 0.5) is 0 Å². The van der Waals surface area contributed by atoms with E-state index in [2.05, 4.69) is 42.0 Å². The Kier molecular flexibility index (Phi) is 5.13. The molecule has 2 aromatic rings. The maximum Gasteiger partial charge on any atom is 0.332 e. The molecule has 2 heterocycles. The number of imidazole rings is 1. The Morgan fingerprint density at radius 3 is 2.72 bits per heavy atom. The van der Waals surface area contributed by atoms with Crippen molar-refractivity contribution in [3.63, 3.8) is 0 Å². The van der Waals surface area contributed by atoms with Gasteiger partial charge in [-0.2, -0.15) is 0 Å². The number of carbonyl (C=O) groups is 2. The zero-order valence-corrected chi connectivity index (χ0v) is 15.1. The van der Waals surface area contributed by atoms with E-state index in [1.54, 1.807) is 0 Å². The molecular formula is C18H21N3O3S. The lowest BCUT2D eigenvalue weighted by Gasteiger charge is -2.32. The minimum absolute atomic E-state index is 0.157. The molecule has 2 N–H and O–H groups in total. The highest BCUT2D eigenvalue weighted by atomic mass is 32.2. The molecule has 0 bridgehead atoms. The molecule has 132 valence electrons. The number of fused-ring (bicyclic) bond motifs is 1. The van der Waals surface area contributed by atoms with Crippen LogP contribution in [-0.4, -0.2) is 44.1 Å². The second-order valence-corrected chi connectivity index (χ2v) is 7.32.